The molecule has 14 heteroatoms. The number of aliphatic hydroxyl groups is 2. The largest absolute Gasteiger partial charge is 0.462 e. The number of aliphatic hydroxyl groups excluding tert-OH is 2. The van der Waals surface area contributed by atoms with Crippen LogP contribution in [0.2, 0.25) is 0 Å². The van der Waals surface area contributed by atoms with Gasteiger partial charge in [0.05, 0.1) is 17.8 Å². The molecule has 1 aliphatic heterocycles. The van der Waals surface area contributed by atoms with Crippen LogP contribution in [0.3, 0.4) is 0 Å². The third kappa shape index (κ3) is 6.19. The zero-order chi connectivity index (χ0) is 32.5. The summed E-state index contributed by atoms with van der Waals surface area (Å²) >= 11 is 0. The Morgan fingerprint density at radius 1 is 1.17 bits per heavy atom. The molecule has 0 spiro atoms. The predicted octanol–water partition coefficient (Wildman–Crippen LogP) is 4.32. The average Bonchev–Trinajstić information content (AvgIpc) is 3.60. The van der Waals surface area contributed by atoms with Crippen LogP contribution in [0, 0.1) is 17.2 Å². The zero-order valence-corrected chi connectivity index (χ0v) is 26.2. The van der Waals surface area contributed by atoms with Gasteiger partial charge in [-0.05, 0) is 49.3 Å². The van der Waals surface area contributed by atoms with Crippen molar-refractivity contribution in [2.75, 3.05) is 18.5 Å². The van der Waals surface area contributed by atoms with Crippen molar-refractivity contribution < 1.29 is 38.1 Å². The Balaban J connectivity index is 1.27. The molecule has 4 aromatic rings. The molecule has 6 rings (SSSR count). The van der Waals surface area contributed by atoms with Gasteiger partial charge in [-0.1, -0.05) is 49.7 Å². The van der Waals surface area contributed by atoms with Gasteiger partial charge in [-0.25, -0.2) is 14.1 Å². The lowest BCUT2D eigenvalue weighted by atomic mass is 9.96. The summed E-state index contributed by atoms with van der Waals surface area (Å²) < 4.78 is 39.7. The molecule has 1 saturated heterocycles. The van der Waals surface area contributed by atoms with Crippen molar-refractivity contribution in [3.63, 3.8) is 0 Å². The van der Waals surface area contributed by atoms with Crippen LogP contribution in [0.1, 0.15) is 50.8 Å². The van der Waals surface area contributed by atoms with Crippen molar-refractivity contribution in [3.8, 4) is 11.8 Å². The van der Waals surface area contributed by atoms with E-state index in [0.29, 0.717) is 16.6 Å². The number of nitrogen functional groups attached to an aromatic ring is 1. The van der Waals surface area contributed by atoms with E-state index in [1.807, 2.05) is 30.3 Å². The van der Waals surface area contributed by atoms with E-state index in [1.54, 1.807) is 37.3 Å². The number of carbonyl (C=O) groups excluding carboxylic acids is 1. The van der Waals surface area contributed by atoms with E-state index >= 15 is 0 Å². The number of nitriles is 1. The molecule has 3 heterocycles. The van der Waals surface area contributed by atoms with E-state index in [-0.39, 0.29) is 23.8 Å². The lowest BCUT2D eigenvalue weighted by molar-refractivity contribution is -0.154. The van der Waals surface area contributed by atoms with Crippen molar-refractivity contribution in [2.45, 2.75) is 69.0 Å². The van der Waals surface area contributed by atoms with Gasteiger partial charge in [0.25, 0.3) is 0 Å². The highest BCUT2D eigenvalue weighted by molar-refractivity contribution is 7.54. The molecule has 6 atom stereocenters. The number of esters is 1. The molecule has 4 N–H and O–H groups in total. The highest BCUT2D eigenvalue weighted by atomic mass is 31.2. The first kappa shape index (κ1) is 31.9. The zero-order valence-electron chi connectivity index (χ0n) is 25.3. The van der Waals surface area contributed by atoms with Crippen LogP contribution in [0.5, 0.6) is 5.75 Å². The number of rotatable bonds is 10. The molecule has 46 heavy (non-hydrogen) atoms. The molecule has 13 nitrogen and oxygen atoms in total. The minimum atomic E-state index is -4.26. The summed E-state index contributed by atoms with van der Waals surface area (Å²) in [7, 11) is -4.26. The average molecular weight is 650 g/mol. The van der Waals surface area contributed by atoms with Crippen LogP contribution in [-0.4, -0.2) is 67.5 Å². The Bertz CT molecular complexity index is 1820. The van der Waals surface area contributed by atoms with Crippen molar-refractivity contribution in [1.29, 1.82) is 5.26 Å². The summed E-state index contributed by atoms with van der Waals surface area (Å²) in [5, 5.41) is 38.1. The van der Waals surface area contributed by atoms with Gasteiger partial charge in [0.1, 0.15) is 54.7 Å². The third-order valence-electron chi connectivity index (χ3n) is 8.64. The van der Waals surface area contributed by atoms with Crippen LogP contribution in [0.4, 0.5) is 5.82 Å². The van der Waals surface area contributed by atoms with Gasteiger partial charge < -0.3 is 29.9 Å². The Morgan fingerprint density at radius 3 is 2.72 bits per heavy atom. The van der Waals surface area contributed by atoms with E-state index in [0.717, 1.165) is 37.5 Å². The highest BCUT2D eigenvalue weighted by Gasteiger charge is 2.57. The fourth-order valence-corrected chi connectivity index (χ4v) is 7.98. The standard InChI is InChI=1S/C32H36N5O8P/c1-20(31(40)43-22-10-3-2-4-11-22)16-46(41,45-26-13-7-9-21-8-5-6-12-23(21)26)42-18-32(17-33)29(39)27(38)28(44-32)24-14-15-25-30(34)35-19-36-37(24)25/h5-9,12-15,19-20,22,27-29,38-39H,2-4,10-11,16,18H2,1H3,(H2,34,35,36)/t20-,27+,28+,29+,32-,46?/m1/s1. The molecule has 0 amide bonds. The fourth-order valence-electron chi connectivity index (χ4n) is 6.08. The number of aromatic nitrogens is 3. The number of nitrogens with two attached hydrogens (primary N) is 1. The molecule has 242 valence electrons. The van der Waals surface area contributed by atoms with Crippen LogP contribution < -0.4 is 10.3 Å². The second-order valence-electron chi connectivity index (χ2n) is 11.9. The maximum Gasteiger partial charge on any atom is 0.380 e. The minimum absolute atomic E-state index is 0.187. The number of hydrogen-bond acceptors (Lipinski definition) is 12. The van der Waals surface area contributed by atoms with Gasteiger partial charge >= 0.3 is 13.6 Å². The quantitative estimate of drug-likeness (QED) is 0.163. The van der Waals surface area contributed by atoms with E-state index < -0.39 is 50.0 Å². The van der Waals surface area contributed by atoms with E-state index in [2.05, 4.69) is 10.1 Å². The predicted molar refractivity (Wildman–Crippen MR) is 167 cm³/mol. The molecule has 1 aliphatic carbocycles. The molecule has 2 fully saturated rings. The number of fused-ring (bicyclic) bond motifs is 2. The maximum absolute atomic E-state index is 14.6. The van der Waals surface area contributed by atoms with Crippen molar-refractivity contribution >= 4 is 35.7 Å². The third-order valence-corrected chi connectivity index (χ3v) is 10.6. The number of anilines is 1. The van der Waals surface area contributed by atoms with Gasteiger partial charge in [0.15, 0.2) is 5.82 Å². The van der Waals surface area contributed by atoms with Gasteiger partial charge in [-0.2, -0.15) is 10.4 Å². The maximum atomic E-state index is 14.6. The lowest BCUT2D eigenvalue weighted by Crippen LogP contribution is -2.45. The molecule has 2 aliphatic rings. The highest BCUT2D eigenvalue weighted by Crippen LogP contribution is 2.53. The monoisotopic (exact) mass is 649 g/mol. The summed E-state index contributed by atoms with van der Waals surface area (Å²) in [6, 6.07) is 17.7. The van der Waals surface area contributed by atoms with Crippen molar-refractivity contribution in [2.24, 2.45) is 5.92 Å². The van der Waals surface area contributed by atoms with Crippen LogP contribution in [0.25, 0.3) is 16.3 Å². The normalized spacial score (nSPS) is 25.6. The second-order valence-corrected chi connectivity index (χ2v) is 13.9. The van der Waals surface area contributed by atoms with Gasteiger partial charge in [-0.15, -0.1) is 0 Å². The second kappa shape index (κ2) is 13.0. The van der Waals surface area contributed by atoms with Gasteiger partial charge in [-0.3, -0.25) is 9.32 Å². The number of nitrogens with zero attached hydrogens (tertiary/aromatic N) is 4. The number of ether oxygens (including phenoxy) is 2. The molecule has 0 bridgehead atoms. The SMILES string of the molecule is C[C@H](CP(=O)(OC[C@@]1(C#N)O[C@@H](c2ccc3c(N)ncnn23)[C@H](O)[C@@H]1O)Oc1cccc2ccccc12)C(=O)OC1CCCCC1. The van der Waals surface area contributed by atoms with E-state index in [9.17, 15) is 24.8 Å². The molecule has 0 radical (unpaired) electrons. The Morgan fingerprint density at radius 2 is 1.93 bits per heavy atom. The molecule has 2 aromatic heterocycles. The first-order valence-corrected chi connectivity index (χ1v) is 17.0. The molecular formula is C32H36N5O8P. The Kier molecular flexibility index (Phi) is 9.01. The van der Waals surface area contributed by atoms with Crippen molar-refractivity contribution in [1.82, 2.24) is 14.6 Å². The van der Waals surface area contributed by atoms with E-state index in [4.69, 9.17) is 24.3 Å². The summed E-state index contributed by atoms with van der Waals surface area (Å²) in [5.74, 6) is -0.971. The van der Waals surface area contributed by atoms with Crippen LogP contribution in [-0.2, 0) is 23.4 Å². The van der Waals surface area contributed by atoms with Gasteiger partial charge in [0.2, 0.25) is 5.60 Å². The van der Waals surface area contributed by atoms with Crippen molar-refractivity contribution in [3.05, 3.63) is 66.6 Å². The first-order chi connectivity index (χ1) is 22.1. The Labute approximate surface area is 265 Å². The molecule has 2 aromatic carbocycles. The lowest BCUT2D eigenvalue weighted by Gasteiger charge is -2.29. The summed E-state index contributed by atoms with van der Waals surface area (Å²) in [6.07, 6.45) is 0.678. The molecular weight excluding hydrogens is 613 g/mol. The summed E-state index contributed by atoms with van der Waals surface area (Å²) in [5.41, 5.74) is 4.53. The number of benzene rings is 2. The van der Waals surface area contributed by atoms with Gasteiger partial charge in [0, 0.05) is 5.39 Å². The van der Waals surface area contributed by atoms with E-state index in [1.165, 1.54) is 10.8 Å². The summed E-state index contributed by atoms with van der Waals surface area (Å²) in [4.78, 5) is 17.1. The molecule has 1 saturated carbocycles. The Hall–Kier alpha value is -4.05. The van der Waals surface area contributed by atoms with Crippen LogP contribution >= 0.6 is 7.60 Å². The number of carbonyl (C=O) groups is 1. The topological polar surface area (TPSA) is 192 Å². The number of hydrogen-bond donors (Lipinski definition) is 3. The molecule has 1 unspecified atom stereocenters. The minimum Gasteiger partial charge on any atom is -0.462 e. The van der Waals surface area contributed by atoms with Crippen LogP contribution in [0.15, 0.2) is 60.9 Å². The fraction of sp³-hybridized carbons (Fsp3) is 0.438. The smallest absolute Gasteiger partial charge is 0.380 e. The summed E-state index contributed by atoms with van der Waals surface area (Å²) in [6.45, 7) is 0.838. The first-order valence-electron chi connectivity index (χ1n) is 15.3.